The second-order valence-corrected chi connectivity index (χ2v) is 10.1. The van der Waals surface area contributed by atoms with Crippen molar-refractivity contribution in [3.05, 3.63) is 64.7 Å². The van der Waals surface area contributed by atoms with Crippen molar-refractivity contribution in [2.75, 3.05) is 37.2 Å². The van der Waals surface area contributed by atoms with E-state index in [1.807, 2.05) is 30.3 Å². The summed E-state index contributed by atoms with van der Waals surface area (Å²) in [7, 11) is -3.12. The minimum absolute atomic E-state index is 0.101. The predicted molar refractivity (Wildman–Crippen MR) is 126 cm³/mol. The van der Waals surface area contributed by atoms with E-state index < -0.39 is 10.0 Å². The summed E-state index contributed by atoms with van der Waals surface area (Å²) in [4.78, 5) is 15.2. The molecule has 1 aliphatic heterocycles. The van der Waals surface area contributed by atoms with Crippen LogP contribution in [0.2, 0.25) is 0 Å². The third-order valence-electron chi connectivity index (χ3n) is 5.92. The molecule has 0 saturated carbocycles. The van der Waals surface area contributed by atoms with E-state index in [0.29, 0.717) is 38.3 Å². The molecule has 6 nitrogen and oxygen atoms in total. The molecule has 1 aliphatic rings. The number of benzene rings is 2. The number of piperazine rings is 1. The largest absolute Gasteiger partial charge is 0.321 e. The second kappa shape index (κ2) is 10.4. The van der Waals surface area contributed by atoms with E-state index in [4.69, 9.17) is 0 Å². The number of nitrogens with one attached hydrogen (secondary N) is 1. The van der Waals surface area contributed by atoms with Gasteiger partial charge >= 0.3 is 0 Å². The van der Waals surface area contributed by atoms with Gasteiger partial charge in [-0.15, -0.1) is 0 Å². The van der Waals surface area contributed by atoms with Gasteiger partial charge in [0.2, 0.25) is 10.0 Å². The van der Waals surface area contributed by atoms with Crippen molar-refractivity contribution in [1.29, 1.82) is 0 Å². The number of rotatable bonds is 8. The summed E-state index contributed by atoms with van der Waals surface area (Å²) >= 11 is 0. The third-order valence-corrected chi connectivity index (χ3v) is 7.80. The minimum atomic E-state index is -3.12. The Bertz CT molecular complexity index is 990. The molecule has 168 valence electrons. The molecule has 1 amide bonds. The van der Waals surface area contributed by atoms with E-state index in [1.54, 1.807) is 11.2 Å². The first kappa shape index (κ1) is 23.4. The molecule has 1 N–H and O–H groups in total. The number of sulfonamides is 1. The lowest BCUT2D eigenvalue weighted by atomic mass is 10.0. The fraction of sp³-hybridized carbons (Fsp3) is 0.458. The molecule has 0 spiro atoms. The van der Waals surface area contributed by atoms with Crippen molar-refractivity contribution >= 4 is 21.6 Å². The van der Waals surface area contributed by atoms with Crippen molar-refractivity contribution in [3.63, 3.8) is 0 Å². The van der Waals surface area contributed by atoms with Gasteiger partial charge in [-0.3, -0.25) is 9.69 Å². The Hall–Kier alpha value is -2.22. The highest BCUT2D eigenvalue weighted by Crippen LogP contribution is 2.23. The van der Waals surface area contributed by atoms with Gasteiger partial charge in [0.05, 0.1) is 5.75 Å². The highest BCUT2D eigenvalue weighted by atomic mass is 32.2. The number of anilines is 1. The molecule has 0 aromatic heterocycles. The molecular weight excluding hydrogens is 410 g/mol. The summed E-state index contributed by atoms with van der Waals surface area (Å²) in [6, 6.07) is 13.9. The zero-order valence-electron chi connectivity index (χ0n) is 18.7. The summed E-state index contributed by atoms with van der Waals surface area (Å²) in [5.74, 6) is 0.0433. The van der Waals surface area contributed by atoms with Crippen LogP contribution in [0.5, 0.6) is 0 Å². The zero-order chi connectivity index (χ0) is 22.4. The van der Waals surface area contributed by atoms with E-state index in [2.05, 4.69) is 36.2 Å². The average Bonchev–Trinajstić information content (AvgIpc) is 2.79. The van der Waals surface area contributed by atoms with Crippen molar-refractivity contribution in [1.82, 2.24) is 9.21 Å². The number of aryl methyl sites for hydroxylation is 2. The Morgan fingerprint density at radius 1 is 0.935 bits per heavy atom. The van der Waals surface area contributed by atoms with Crippen molar-refractivity contribution in [2.24, 2.45) is 0 Å². The molecule has 31 heavy (non-hydrogen) atoms. The van der Waals surface area contributed by atoms with Crippen LogP contribution < -0.4 is 5.32 Å². The monoisotopic (exact) mass is 443 g/mol. The van der Waals surface area contributed by atoms with Gasteiger partial charge in [0.15, 0.2) is 0 Å². The summed E-state index contributed by atoms with van der Waals surface area (Å²) in [5, 5.41) is 3.13. The van der Waals surface area contributed by atoms with E-state index in [0.717, 1.165) is 35.2 Å². The average molecular weight is 444 g/mol. The molecule has 2 aromatic rings. The highest BCUT2D eigenvalue weighted by molar-refractivity contribution is 7.89. The molecule has 0 radical (unpaired) electrons. The molecule has 1 fully saturated rings. The molecular formula is C24H33N3O3S. The maximum absolute atomic E-state index is 13.0. The van der Waals surface area contributed by atoms with Gasteiger partial charge in [0, 0.05) is 44.0 Å². The minimum Gasteiger partial charge on any atom is -0.321 e. The fourth-order valence-corrected chi connectivity index (χ4v) is 5.09. The first-order valence-electron chi connectivity index (χ1n) is 11.1. The number of hydrogen-bond donors (Lipinski definition) is 1. The molecule has 1 saturated heterocycles. The predicted octanol–water partition coefficient (Wildman–Crippen LogP) is 3.53. The Labute approximate surface area is 186 Å². The summed E-state index contributed by atoms with van der Waals surface area (Å²) in [6.45, 7) is 8.99. The summed E-state index contributed by atoms with van der Waals surface area (Å²) < 4.78 is 25.7. The van der Waals surface area contributed by atoms with Crippen LogP contribution in [0.3, 0.4) is 0 Å². The first-order valence-corrected chi connectivity index (χ1v) is 12.7. The Morgan fingerprint density at radius 2 is 1.55 bits per heavy atom. The quantitative estimate of drug-likeness (QED) is 0.678. The van der Waals surface area contributed by atoms with Crippen molar-refractivity contribution < 1.29 is 13.2 Å². The van der Waals surface area contributed by atoms with Crippen LogP contribution in [0.4, 0.5) is 5.69 Å². The van der Waals surface area contributed by atoms with Gasteiger partial charge in [-0.05, 0) is 48.6 Å². The Balaban J connectivity index is 1.67. The van der Waals surface area contributed by atoms with E-state index in [9.17, 15) is 13.2 Å². The van der Waals surface area contributed by atoms with Gasteiger partial charge in [0.25, 0.3) is 5.91 Å². The molecule has 1 heterocycles. The molecule has 2 aromatic carbocycles. The van der Waals surface area contributed by atoms with Crippen molar-refractivity contribution in [2.45, 2.75) is 40.2 Å². The number of para-hydroxylation sites is 1. The third kappa shape index (κ3) is 5.73. The summed E-state index contributed by atoms with van der Waals surface area (Å²) in [6.07, 6.45) is 1.73. The molecule has 0 atom stereocenters. The number of nitrogens with zero attached hydrogens (tertiary/aromatic N) is 2. The first-order chi connectivity index (χ1) is 14.9. The van der Waals surface area contributed by atoms with Crippen LogP contribution in [0.25, 0.3) is 0 Å². The van der Waals surface area contributed by atoms with Gasteiger partial charge in [-0.2, -0.15) is 4.31 Å². The van der Waals surface area contributed by atoms with Crippen LogP contribution >= 0.6 is 0 Å². The number of carbonyl (C=O) groups excluding carboxylic acids is 1. The number of carbonyl (C=O) groups is 1. The number of amides is 1. The van der Waals surface area contributed by atoms with Gasteiger partial charge in [-0.25, -0.2) is 8.42 Å². The summed E-state index contributed by atoms with van der Waals surface area (Å²) in [5.41, 5.74) is 4.90. The molecule has 7 heteroatoms. The lowest BCUT2D eigenvalue weighted by Crippen LogP contribution is -2.48. The lowest BCUT2D eigenvalue weighted by Gasteiger charge is -2.33. The maximum atomic E-state index is 13.0. The maximum Gasteiger partial charge on any atom is 0.255 e. The van der Waals surface area contributed by atoms with E-state index in [1.165, 1.54) is 0 Å². The Morgan fingerprint density at radius 3 is 2.13 bits per heavy atom. The lowest BCUT2D eigenvalue weighted by molar-refractivity contribution is 0.102. The molecule has 3 rings (SSSR count). The molecule has 0 aliphatic carbocycles. The SMILES string of the molecule is CCc1cccc(CC)c1NC(=O)c1cccc(CN2CCN(S(=O)(=O)CC)CC2)c1. The van der Waals surface area contributed by atoms with Crippen LogP contribution in [0.15, 0.2) is 42.5 Å². The van der Waals surface area contributed by atoms with E-state index in [-0.39, 0.29) is 11.7 Å². The smallest absolute Gasteiger partial charge is 0.255 e. The number of hydrogen-bond acceptors (Lipinski definition) is 4. The van der Waals surface area contributed by atoms with Crippen LogP contribution in [0.1, 0.15) is 47.8 Å². The van der Waals surface area contributed by atoms with Crippen LogP contribution in [-0.2, 0) is 29.4 Å². The topological polar surface area (TPSA) is 69.7 Å². The zero-order valence-corrected chi connectivity index (χ0v) is 19.5. The molecule has 0 unspecified atom stereocenters. The second-order valence-electron chi connectivity index (χ2n) is 7.89. The van der Waals surface area contributed by atoms with Gasteiger partial charge < -0.3 is 5.32 Å². The highest BCUT2D eigenvalue weighted by Gasteiger charge is 2.25. The normalized spacial score (nSPS) is 15.7. The van der Waals surface area contributed by atoms with Crippen LogP contribution in [-0.4, -0.2) is 55.5 Å². The van der Waals surface area contributed by atoms with Gasteiger partial charge in [0.1, 0.15) is 0 Å². The van der Waals surface area contributed by atoms with Gasteiger partial charge in [-0.1, -0.05) is 44.2 Å². The van der Waals surface area contributed by atoms with Crippen molar-refractivity contribution in [3.8, 4) is 0 Å². The fourth-order valence-electron chi connectivity index (χ4n) is 4.01. The van der Waals surface area contributed by atoms with E-state index >= 15 is 0 Å². The van der Waals surface area contributed by atoms with Crippen LogP contribution in [0, 0.1) is 0 Å². The molecule has 0 bridgehead atoms. The standard InChI is InChI=1S/C24H33N3O3S/c1-4-20-10-8-11-21(5-2)23(20)25-24(28)22-12-7-9-19(17-22)18-26-13-15-27(16-14-26)31(29,30)6-3/h7-12,17H,4-6,13-16,18H2,1-3H3,(H,25,28). The Kier molecular flexibility index (Phi) is 7.86.